The predicted octanol–water partition coefficient (Wildman–Crippen LogP) is 7.89. The number of amides is 2. The highest BCUT2D eigenvalue weighted by molar-refractivity contribution is 5.97. The number of phenols is 1. The molecule has 42 heavy (non-hydrogen) atoms. The van der Waals surface area contributed by atoms with Gasteiger partial charge in [0.25, 0.3) is 5.91 Å². The van der Waals surface area contributed by atoms with Crippen LogP contribution in [0.25, 0.3) is 0 Å². The molecule has 3 aromatic rings. The molecule has 6 heteroatoms. The smallest absolute Gasteiger partial charge is 0.251 e. The number of methoxy groups -OCH3 is 1. The van der Waals surface area contributed by atoms with Crippen molar-refractivity contribution in [1.82, 2.24) is 4.90 Å². The number of anilines is 1. The zero-order valence-corrected chi connectivity index (χ0v) is 27.0. The second kappa shape index (κ2) is 13.0. The number of ether oxygens (including phenoxy) is 1. The van der Waals surface area contributed by atoms with Crippen LogP contribution < -0.4 is 10.1 Å². The summed E-state index contributed by atoms with van der Waals surface area (Å²) in [6, 6.07) is 18.2. The largest absolute Gasteiger partial charge is 0.507 e. The second-order valence-electron chi connectivity index (χ2n) is 13.5. The van der Waals surface area contributed by atoms with E-state index in [4.69, 9.17) is 4.74 Å². The molecule has 0 aliphatic carbocycles. The molecule has 0 fully saturated rings. The lowest BCUT2D eigenvalue weighted by molar-refractivity contribution is -0.137. The summed E-state index contributed by atoms with van der Waals surface area (Å²) in [6.45, 7) is 16.7. The van der Waals surface area contributed by atoms with Gasteiger partial charge in [-0.15, -0.1) is 0 Å². The molecule has 0 aliphatic rings. The first-order valence-electron chi connectivity index (χ1n) is 14.7. The van der Waals surface area contributed by atoms with Gasteiger partial charge in [-0.2, -0.15) is 0 Å². The molecule has 6 nitrogen and oxygen atoms in total. The lowest BCUT2D eigenvalue weighted by atomic mass is 9.78. The van der Waals surface area contributed by atoms with E-state index in [0.29, 0.717) is 35.1 Å². The number of nitrogens with zero attached hydrogens (tertiary/aromatic N) is 1. The average molecular weight is 573 g/mol. The van der Waals surface area contributed by atoms with E-state index in [2.05, 4.69) is 60.7 Å². The van der Waals surface area contributed by atoms with Crippen molar-refractivity contribution >= 4 is 17.5 Å². The number of rotatable bonds is 9. The molecule has 0 heterocycles. The van der Waals surface area contributed by atoms with Crippen LogP contribution in [0.3, 0.4) is 0 Å². The van der Waals surface area contributed by atoms with E-state index in [0.717, 1.165) is 16.7 Å². The maximum atomic E-state index is 13.7. The lowest BCUT2D eigenvalue weighted by Gasteiger charge is -2.29. The number of carbonyl (C=O) groups excluding carboxylic acids is 2. The molecular formula is C36H48N2O4. The van der Waals surface area contributed by atoms with E-state index in [1.807, 2.05) is 48.5 Å². The van der Waals surface area contributed by atoms with E-state index in [-0.39, 0.29) is 29.1 Å². The van der Waals surface area contributed by atoms with Crippen molar-refractivity contribution in [2.75, 3.05) is 19.5 Å². The summed E-state index contributed by atoms with van der Waals surface area (Å²) < 4.78 is 5.31. The van der Waals surface area contributed by atoms with Crippen LogP contribution >= 0.6 is 0 Å². The van der Waals surface area contributed by atoms with Gasteiger partial charge < -0.3 is 20.1 Å². The molecule has 1 unspecified atom stereocenters. The minimum atomic E-state index is -0.830. The standard InChI is InChI=1S/C36H48N2O4/c1-23(2)25-12-16-27(17-13-25)37-34(41)32(26-14-18-28(42-10)19-15-26)38(9)31(39)20-11-24-21-29(35(3,4)5)33(40)30(22-24)36(6,7)8/h12-19,21-23,32,40H,11,20H2,1-10H3,(H,37,41). The number of aromatic hydroxyl groups is 1. The quantitative estimate of drug-likeness (QED) is 0.273. The van der Waals surface area contributed by atoms with Gasteiger partial charge in [-0.3, -0.25) is 9.59 Å². The van der Waals surface area contributed by atoms with Crippen LogP contribution in [0, 0.1) is 0 Å². The third-order valence-electron chi connectivity index (χ3n) is 7.72. The minimum absolute atomic E-state index is 0.149. The van der Waals surface area contributed by atoms with Crippen molar-refractivity contribution < 1.29 is 19.4 Å². The van der Waals surface area contributed by atoms with Crippen LogP contribution in [0.4, 0.5) is 5.69 Å². The summed E-state index contributed by atoms with van der Waals surface area (Å²) in [5.74, 6) is 0.942. The van der Waals surface area contributed by atoms with Gasteiger partial charge in [0.1, 0.15) is 17.5 Å². The van der Waals surface area contributed by atoms with E-state index >= 15 is 0 Å². The molecule has 0 spiro atoms. The van der Waals surface area contributed by atoms with Gasteiger partial charge in [-0.05, 0) is 75.3 Å². The van der Waals surface area contributed by atoms with Crippen molar-refractivity contribution in [2.24, 2.45) is 0 Å². The summed E-state index contributed by atoms with van der Waals surface area (Å²) in [7, 11) is 3.27. The van der Waals surface area contributed by atoms with Gasteiger partial charge in [0, 0.05) is 19.2 Å². The Morgan fingerprint density at radius 2 is 1.36 bits per heavy atom. The summed E-state index contributed by atoms with van der Waals surface area (Å²) in [5, 5.41) is 14.1. The van der Waals surface area contributed by atoms with Crippen molar-refractivity contribution in [1.29, 1.82) is 0 Å². The van der Waals surface area contributed by atoms with Gasteiger partial charge in [-0.1, -0.05) is 91.8 Å². The van der Waals surface area contributed by atoms with Gasteiger partial charge in [-0.25, -0.2) is 0 Å². The molecule has 0 saturated heterocycles. The fourth-order valence-electron chi connectivity index (χ4n) is 5.05. The summed E-state index contributed by atoms with van der Waals surface area (Å²) in [6.07, 6.45) is 0.709. The molecule has 1 atom stereocenters. The fourth-order valence-corrected chi connectivity index (χ4v) is 5.05. The van der Waals surface area contributed by atoms with E-state index in [1.54, 1.807) is 26.3 Å². The van der Waals surface area contributed by atoms with Crippen LogP contribution in [0.15, 0.2) is 60.7 Å². The summed E-state index contributed by atoms with van der Waals surface area (Å²) >= 11 is 0. The second-order valence-corrected chi connectivity index (χ2v) is 13.5. The zero-order chi connectivity index (χ0) is 31.4. The van der Waals surface area contributed by atoms with Crippen molar-refractivity contribution in [2.45, 2.75) is 91.0 Å². The molecule has 226 valence electrons. The maximum absolute atomic E-state index is 13.7. The van der Waals surface area contributed by atoms with Crippen LogP contribution in [0.2, 0.25) is 0 Å². The Kier molecular flexibility index (Phi) is 10.1. The number of aryl methyl sites for hydroxylation is 1. The Balaban J connectivity index is 1.88. The Hall–Kier alpha value is -3.80. The van der Waals surface area contributed by atoms with E-state index < -0.39 is 6.04 Å². The van der Waals surface area contributed by atoms with Crippen molar-refractivity contribution in [3.05, 3.63) is 88.5 Å². The monoisotopic (exact) mass is 572 g/mol. The average Bonchev–Trinajstić information content (AvgIpc) is 2.91. The first-order chi connectivity index (χ1) is 19.5. The van der Waals surface area contributed by atoms with E-state index in [9.17, 15) is 14.7 Å². The highest BCUT2D eigenvalue weighted by atomic mass is 16.5. The van der Waals surface area contributed by atoms with Gasteiger partial charge in [0.2, 0.25) is 5.91 Å². The highest BCUT2D eigenvalue weighted by Gasteiger charge is 2.30. The van der Waals surface area contributed by atoms with Crippen molar-refractivity contribution in [3.8, 4) is 11.5 Å². The molecule has 0 aliphatic heterocycles. The molecule has 0 radical (unpaired) electrons. The van der Waals surface area contributed by atoms with Crippen molar-refractivity contribution in [3.63, 3.8) is 0 Å². The number of carbonyl (C=O) groups is 2. The Bertz CT molecular complexity index is 1340. The number of hydrogen-bond donors (Lipinski definition) is 2. The first kappa shape index (κ1) is 32.7. The van der Waals surface area contributed by atoms with Gasteiger partial charge in [0.15, 0.2) is 0 Å². The number of nitrogens with one attached hydrogen (secondary N) is 1. The predicted molar refractivity (Wildman–Crippen MR) is 171 cm³/mol. The van der Waals surface area contributed by atoms with Crippen LogP contribution in [0.5, 0.6) is 11.5 Å². The van der Waals surface area contributed by atoms with Gasteiger partial charge in [0.05, 0.1) is 7.11 Å². The fraction of sp³-hybridized carbons (Fsp3) is 0.444. The first-order valence-corrected chi connectivity index (χ1v) is 14.7. The molecule has 0 saturated carbocycles. The topological polar surface area (TPSA) is 78.9 Å². The lowest BCUT2D eigenvalue weighted by Crippen LogP contribution is -2.38. The number of benzene rings is 3. The molecule has 0 aromatic heterocycles. The molecule has 3 aromatic carbocycles. The van der Waals surface area contributed by atoms with Gasteiger partial charge >= 0.3 is 0 Å². The van der Waals surface area contributed by atoms with E-state index in [1.165, 1.54) is 10.5 Å². The Morgan fingerprint density at radius 1 is 0.857 bits per heavy atom. The minimum Gasteiger partial charge on any atom is -0.507 e. The number of hydrogen-bond acceptors (Lipinski definition) is 4. The Labute approximate surface area is 252 Å². The zero-order valence-electron chi connectivity index (χ0n) is 27.0. The molecular weight excluding hydrogens is 524 g/mol. The third-order valence-corrected chi connectivity index (χ3v) is 7.72. The molecule has 2 N–H and O–H groups in total. The van der Waals surface area contributed by atoms with Crippen LogP contribution in [-0.2, 0) is 26.8 Å². The SMILES string of the molecule is COc1ccc(C(C(=O)Nc2ccc(C(C)C)cc2)N(C)C(=O)CCc2cc(C(C)(C)C)c(O)c(C(C)(C)C)c2)cc1. The maximum Gasteiger partial charge on any atom is 0.251 e. The highest BCUT2D eigenvalue weighted by Crippen LogP contribution is 2.40. The molecule has 2 amide bonds. The normalized spacial score (nSPS) is 12.6. The molecule has 0 bridgehead atoms. The third kappa shape index (κ3) is 7.93. The summed E-state index contributed by atoms with van der Waals surface area (Å²) in [5.41, 5.74) is 4.76. The summed E-state index contributed by atoms with van der Waals surface area (Å²) in [4.78, 5) is 28.8. The number of phenolic OH excluding ortho intramolecular Hbond substituents is 1. The molecule has 3 rings (SSSR count). The van der Waals surface area contributed by atoms with Crippen LogP contribution in [-0.4, -0.2) is 36.0 Å². The van der Waals surface area contributed by atoms with Crippen LogP contribution in [0.1, 0.15) is 102 Å². The Morgan fingerprint density at radius 3 is 1.81 bits per heavy atom. The number of likely N-dealkylation sites (N-methyl/N-ethyl adjacent to an activating group) is 1.